The lowest BCUT2D eigenvalue weighted by molar-refractivity contribution is -0.275. The second-order valence-electron chi connectivity index (χ2n) is 9.02. The topological polar surface area (TPSA) is 75.7 Å². The van der Waals surface area contributed by atoms with Gasteiger partial charge in [-0.1, -0.05) is 30.3 Å². The number of hydrogen-bond acceptors (Lipinski definition) is 4. The summed E-state index contributed by atoms with van der Waals surface area (Å²) in [6.45, 7) is 1.36. The first kappa shape index (κ1) is 29.3. The Morgan fingerprint density at radius 2 is 1.73 bits per heavy atom. The van der Waals surface area contributed by atoms with Crippen LogP contribution in [0.4, 0.5) is 36.4 Å². The summed E-state index contributed by atoms with van der Waals surface area (Å²) in [5, 5.41) is 2.67. The number of ether oxygens (including phenoxy) is 1. The molecular weight excluding hydrogens is 569 g/mol. The number of benzene rings is 3. The van der Waals surface area contributed by atoms with Crippen LogP contribution in [0.1, 0.15) is 27.8 Å². The Labute approximate surface area is 224 Å². The van der Waals surface area contributed by atoms with Crippen molar-refractivity contribution >= 4 is 21.6 Å². The van der Waals surface area contributed by atoms with E-state index in [1.165, 1.54) is 12.1 Å². The number of nitrogens with zero attached hydrogens (tertiary/aromatic N) is 1. The van der Waals surface area contributed by atoms with E-state index in [0.29, 0.717) is 34.5 Å². The van der Waals surface area contributed by atoms with Crippen molar-refractivity contribution in [2.75, 3.05) is 11.9 Å². The first-order valence-corrected chi connectivity index (χ1v) is 13.1. The van der Waals surface area contributed by atoms with Crippen LogP contribution in [0.25, 0.3) is 0 Å². The van der Waals surface area contributed by atoms with Crippen LogP contribution in [0.15, 0.2) is 59.5 Å². The van der Waals surface area contributed by atoms with E-state index in [4.69, 9.17) is 0 Å². The van der Waals surface area contributed by atoms with Gasteiger partial charge in [0.2, 0.25) is 15.9 Å². The van der Waals surface area contributed by atoms with E-state index in [2.05, 4.69) is 10.1 Å². The summed E-state index contributed by atoms with van der Waals surface area (Å²) in [6, 6.07) is 9.83. The van der Waals surface area contributed by atoms with Gasteiger partial charge in [0.05, 0.1) is 12.0 Å². The number of amides is 1. The summed E-state index contributed by atoms with van der Waals surface area (Å²) in [5.41, 5.74) is 0.640. The second kappa shape index (κ2) is 10.7. The lowest BCUT2D eigenvalue weighted by atomic mass is 9.95. The maximum absolute atomic E-state index is 13.9. The summed E-state index contributed by atoms with van der Waals surface area (Å²) >= 11 is 0. The molecule has 0 fully saturated rings. The molecule has 0 saturated carbocycles. The van der Waals surface area contributed by atoms with Crippen LogP contribution in [0, 0.1) is 12.7 Å². The monoisotopic (exact) mass is 590 g/mol. The van der Waals surface area contributed by atoms with Gasteiger partial charge in [0, 0.05) is 18.8 Å². The molecule has 3 aromatic carbocycles. The Balaban J connectivity index is 1.54. The molecule has 1 aliphatic heterocycles. The van der Waals surface area contributed by atoms with Crippen molar-refractivity contribution < 1.29 is 48.7 Å². The van der Waals surface area contributed by atoms with Crippen LogP contribution in [0.2, 0.25) is 0 Å². The summed E-state index contributed by atoms with van der Waals surface area (Å²) in [7, 11) is -4.41. The fourth-order valence-electron chi connectivity index (χ4n) is 4.41. The number of nitrogens with one attached hydrogen (secondary N) is 1. The molecule has 214 valence electrons. The van der Waals surface area contributed by atoms with Gasteiger partial charge in [-0.05, 0) is 59.9 Å². The minimum atomic E-state index is -5.10. The molecule has 0 saturated heterocycles. The van der Waals surface area contributed by atoms with Crippen molar-refractivity contribution in [3.63, 3.8) is 0 Å². The van der Waals surface area contributed by atoms with Crippen LogP contribution in [-0.4, -0.2) is 31.5 Å². The number of aryl methyl sites for hydroxylation is 1. The quantitative estimate of drug-likeness (QED) is 0.359. The lowest BCUT2D eigenvalue weighted by Crippen LogP contribution is -2.37. The van der Waals surface area contributed by atoms with E-state index < -0.39 is 56.9 Å². The second-order valence-corrected chi connectivity index (χ2v) is 10.9. The third-order valence-electron chi connectivity index (χ3n) is 6.24. The molecule has 1 N–H and O–H groups in total. The van der Waals surface area contributed by atoms with Gasteiger partial charge in [0.25, 0.3) is 0 Å². The molecule has 0 aromatic heterocycles. The van der Waals surface area contributed by atoms with E-state index in [-0.39, 0.29) is 25.1 Å². The first-order chi connectivity index (χ1) is 18.6. The molecular formula is C26H21F7N2O4S. The highest BCUT2D eigenvalue weighted by Crippen LogP contribution is 2.36. The van der Waals surface area contributed by atoms with Gasteiger partial charge >= 0.3 is 12.5 Å². The largest absolute Gasteiger partial charge is 0.573 e. The average molecular weight is 591 g/mol. The summed E-state index contributed by atoms with van der Waals surface area (Å²) in [6.07, 6.45) is -10.3. The molecule has 3 aromatic rings. The first-order valence-electron chi connectivity index (χ1n) is 11.7. The van der Waals surface area contributed by atoms with Gasteiger partial charge in [-0.3, -0.25) is 4.79 Å². The van der Waals surface area contributed by atoms with Gasteiger partial charge in [-0.15, -0.1) is 13.2 Å². The fraction of sp³-hybridized carbons (Fsp3) is 0.269. The maximum Gasteiger partial charge on any atom is 0.573 e. The standard InChI is InChI=1S/C26H21F7N2O4S/c1-15-6-8-17-14-35(40(37,38)22-5-3-2-4-21(22)39-26(31,32)33)11-10-18(17)24(15)34-23(36)13-16-7-9-19(20(27)12-16)25(28,29)30/h2-9,12H,10-11,13-14H2,1H3,(H,34,36). The predicted molar refractivity (Wildman–Crippen MR) is 129 cm³/mol. The number of alkyl halides is 6. The van der Waals surface area contributed by atoms with E-state index in [1.54, 1.807) is 19.1 Å². The van der Waals surface area contributed by atoms with Gasteiger partial charge in [-0.2, -0.15) is 17.5 Å². The van der Waals surface area contributed by atoms with Crippen LogP contribution < -0.4 is 10.1 Å². The number of carbonyl (C=O) groups is 1. The highest BCUT2D eigenvalue weighted by molar-refractivity contribution is 7.89. The summed E-state index contributed by atoms with van der Waals surface area (Å²) < 4.78 is 122. The smallest absolute Gasteiger partial charge is 0.404 e. The molecule has 14 heteroatoms. The van der Waals surface area contributed by atoms with Crippen molar-refractivity contribution in [2.45, 2.75) is 43.7 Å². The van der Waals surface area contributed by atoms with E-state index >= 15 is 0 Å². The molecule has 40 heavy (non-hydrogen) atoms. The highest BCUT2D eigenvalue weighted by atomic mass is 32.2. The van der Waals surface area contributed by atoms with Crippen LogP contribution in [0.3, 0.4) is 0 Å². The van der Waals surface area contributed by atoms with Crippen LogP contribution in [-0.2, 0) is 40.4 Å². The van der Waals surface area contributed by atoms with E-state index in [1.807, 2.05) is 0 Å². The third-order valence-corrected chi connectivity index (χ3v) is 8.12. The molecule has 0 radical (unpaired) electrons. The minimum absolute atomic E-state index is 0.0162. The molecule has 1 heterocycles. The van der Waals surface area contributed by atoms with E-state index in [9.17, 15) is 43.9 Å². The number of hydrogen-bond donors (Lipinski definition) is 1. The van der Waals surface area contributed by atoms with Crippen molar-refractivity contribution in [3.05, 3.63) is 88.2 Å². The number of sulfonamides is 1. The Bertz CT molecular complexity index is 1550. The van der Waals surface area contributed by atoms with Gasteiger partial charge < -0.3 is 10.1 Å². The number of anilines is 1. The normalized spacial score (nSPS) is 14.5. The Kier molecular flexibility index (Phi) is 7.87. The van der Waals surface area contributed by atoms with Gasteiger partial charge in [-0.25, -0.2) is 12.8 Å². The third kappa shape index (κ3) is 6.39. The molecule has 0 unspecified atom stereocenters. The van der Waals surface area contributed by atoms with Crippen molar-refractivity contribution in [1.82, 2.24) is 4.31 Å². The molecule has 6 nitrogen and oxygen atoms in total. The number of halogens is 7. The predicted octanol–water partition coefficient (Wildman–Crippen LogP) is 5.98. The molecule has 0 bridgehead atoms. The van der Waals surface area contributed by atoms with Gasteiger partial charge in [0.15, 0.2) is 0 Å². The number of para-hydroxylation sites is 1. The summed E-state index contributed by atoms with van der Waals surface area (Å²) in [4.78, 5) is 12.1. The molecule has 0 spiro atoms. The molecule has 1 aliphatic rings. The Morgan fingerprint density at radius 3 is 2.38 bits per heavy atom. The number of rotatable bonds is 6. The molecule has 0 atom stereocenters. The Morgan fingerprint density at radius 1 is 1.02 bits per heavy atom. The minimum Gasteiger partial charge on any atom is -0.404 e. The SMILES string of the molecule is Cc1ccc2c(c1NC(=O)Cc1ccc(C(F)(F)F)c(F)c1)CCN(S(=O)(=O)c1ccccc1OC(F)(F)F)C2. The highest BCUT2D eigenvalue weighted by Gasteiger charge is 2.37. The van der Waals surface area contributed by atoms with Crippen LogP contribution in [0.5, 0.6) is 5.75 Å². The van der Waals surface area contributed by atoms with Crippen molar-refractivity contribution in [3.8, 4) is 5.75 Å². The van der Waals surface area contributed by atoms with Crippen molar-refractivity contribution in [2.24, 2.45) is 0 Å². The van der Waals surface area contributed by atoms with E-state index in [0.717, 1.165) is 22.5 Å². The number of carbonyl (C=O) groups excluding carboxylic acids is 1. The molecule has 0 aliphatic carbocycles. The fourth-order valence-corrected chi connectivity index (χ4v) is 5.94. The lowest BCUT2D eigenvalue weighted by Gasteiger charge is -2.30. The Hall–Kier alpha value is -3.65. The summed E-state index contributed by atoms with van der Waals surface area (Å²) in [5.74, 6) is -3.00. The zero-order valence-corrected chi connectivity index (χ0v) is 21.5. The number of fused-ring (bicyclic) bond motifs is 1. The average Bonchev–Trinajstić information content (AvgIpc) is 2.84. The molecule has 4 rings (SSSR count). The van der Waals surface area contributed by atoms with Crippen LogP contribution >= 0.6 is 0 Å². The molecule has 1 amide bonds. The zero-order chi connectivity index (χ0) is 29.5. The zero-order valence-electron chi connectivity index (χ0n) is 20.7. The maximum atomic E-state index is 13.9. The van der Waals surface area contributed by atoms with Gasteiger partial charge in [0.1, 0.15) is 16.5 Å². The van der Waals surface area contributed by atoms with Crippen molar-refractivity contribution in [1.29, 1.82) is 0 Å².